The second kappa shape index (κ2) is 5.50. The number of esters is 1. The van der Waals surface area contributed by atoms with Crippen LogP contribution in [0.1, 0.15) is 25.0 Å². The number of methoxy groups -OCH3 is 1. The fourth-order valence-electron chi connectivity index (χ4n) is 4.56. The number of piperidine rings is 1. The Morgan fingerprint density at radius 1 is 1.23 bits per heavy atom. The van der Waals surface area contributed by atoms with Crippen LogP contribution in [0, 0.1) is 18.3 Å². The number of rotatable bonds is 2. The molecule has 6 nitrogen and oxygen atoms in total. The third-order valence-electron chi connectivity index (χ3n) is 6.18. The molecular formula is C20H22N2O4. The predicted octanol–water partition coefficient (Wildman–Crippen LogP) is 3.05. The van der Waals surface area contributed by atoms with E-state index in [1.54, 1.807) is 0 Å². The Hall–Kier alpha value is -2.50. The van der Waals surface area contributed by atoms with Gasteiger partial charge in [-0.3, -0.25) is 9.78 Å². The number of aryl methyl sites for hydroxylation is 1. The van der Waals surface area contributed by atoms with Crippen molar-refractivity contribution in [1.29, 1.82) is 0 Å². The molecule has 0 radical (unpaired) electrons. The molecule has 1 atom stereocenters. The lowest BCUT2D eigenvalue weighted by atomic mass is 9.90. The Kier molecular flexibility index (Phi) is 3.33. The zero-order chi connectivity index (χ0) is 17.9. The minimum Gasteiger partial charge on any atom is -0.469 e. The Labute approximate surface area is 152 Å². The van der Waals surface area contributed by atoms with Crippen molar-refractivity contribution in [2.75, 3.05) is 31.9 Å². The average molecular weight is 354 g/mol. The average Bonchev–Trinajstić information content (AvgIpc) is 3.14. The van der Waals surface area contributed by atoms with Crippen LogP contribution in [0.4, 0.5) is 5.69 Å². The summed E-state index contributed by atoms with van der Waals surface area (Å²) in [5, 5.41) is 1.09. The number of fused-ring (bicyclic) bond motifs is 2. The van der Waals surface area contributed by atoms with Gasteiger partial charge in [0.1, 0.15) is 0 Å². The van der Waals surface area contributed by atoms with E-state index in [2.05, 4.69) is 16.0 Å². The number of pyridine rings is 1. The van der Waals surface area contributed by atoms with Crippen LogP contribution in [-0.2, 0) is 9.53 Å². The third kappa shape index (κ3) is 2.31. The second-order valence-electron chi connectivity index (χ2n) is 7.63. The van der Waals surface area contributed by atoms with Gasteiger partial charge in [-0.15, -0.1) is 0 Å². The molecule has 1 saturated heterocycles. The number of anilines is 1. The van der Waals surface area contributed by atoms with Crippen molar-refractivity contribution in [3.8, 4) is 11.5 Å². The quantitative estimate of drug-likeness (QED) is 0.773. The van der Waals surface area contributed by atoms with Gasteiger partial charge in [-0.2, -0.15) is 0 Å². The highest BCUT2D eigenvalue weighted by atomic mass is 16.7. The summed E-state index contributed by atoms with van der Waals surface area (Å²) >= 11 is 0. The van der Waals surface area contributed by atoms with Gasteiger partial charge in [-0.1, -0.05) is 0 Å². The summed E-state index contributed by atoms with van der Waals surface area (Å²) in [6, 6.07) is 6.15. The first-order valence-corrected chi connectivity index (χ1v) is 9.13. The lowest BCUT2D eigenvalue weighted by molar-refractivity contribution is -0.143. The molecule has 1 spiro atoms. The van der Waals surface area contributed by atoms with Gasteiger partial charge in [-0.25, -0.2) is 0 Å². The molecule has 6 heteroatoms. The van der Waals surface area contributed by atoms with Crippen LogP contribution in [0.5, 0.6) is 11.5 Å². The van der Waals surface area contributed by atoms with Crippen LogP contribution in [0.15, 0.2) is 18.2 Å². The van der Waals surface area contributed by atoms with Gasteiger partial charge < -0.3 is 19.1 Å². The fraction of sp³-hybridized carbons (Fsp3) is 0.500. The number of carbonyl (C=O) groups excluding carboxylic acids is 1. The summed E-state index contributed by atoms with van der Waals surface area (Å²) < 4.78 is 16.0. The molecular weight excluding hydrogens is 332 g/mol. The number of aromatic nitrogens is 1. The van der Waals surface area contributed by atoms with Crippen LogP contribution in [0.3, 0.4) is 0 Å². The smallest absolute Gasteiger partial charge is 0.309 e. The van der Waals surface area contributed by atoms with E-state index in [1.807, 2.05) is 19.1 Å². The van der Waals surface area contributed by atoms with E-state index in [9.17, 15) is 4.79 Å². The maximum absolute atomic E-state index is 11.9. The third-order valence-corrected chi connectivity index (χ3v) is 6.18. The standard InChI is InChI=1S/C20H22N2O4/c1-12-7-16(13-8-17-18(26-11-25-17)9-15(13)21-12)22-5-3-20(4-6-22)10-14(20)19(23)24-2/h7-9,14H,3-6,10-11H2,1-2H3. The highest BCUT2D eigenvalue weighted by molar-refractivity contribution is 5.94. The lowest BCUT2D eigenvalue weighted by Crippen LogP contribution is -2.36. The molecule has 2 aliphatic heterocycles. The van der Waals surface area contributed by atoms with Gasteiger partial charge in [-0.05, 0) is 43.7 Å². The molecule has 3 heterocycles. The molecule has 1 saturated carbocycles. The first kappa shape index (κ1) is 15.7. The van der Waals surface area contributed by atoms with E-state index in [-0.39, 0.29) is 24.1 Å². The maximum atomic E-state index is 11.9. The molecule has 1 aromatic heterocycles. The fourth-order valence-corrected chi connectivity index (χ4v) is 4.56. The first-order chi connectivity index (χ1) is 12.6. The monoisotopic (exact) mass is 354 g/mol. The molecule has 5 rings (SSSR count). The Balaban J connectivity index is 1.44. The lowest BCUT2D eigenvalue weighted by Gasteiger charge is -2.35. The zero-order valence-electron chi connectivity index (χ0n) is 15.1. The molecule has 0 N–H and O–H groups in total. The van der Waals surface area contributed by atoms with Crippen molar-refractivity contribution in [2.24, 2.45) is 11.3 Å². The van der Waals surface area contributed by atoms with Crippen molar-refractivity contribution in [1.82, 2.24) is 4.98 Å². The van der Waals surface area contributed by atoms with E-state index >= 15 is 0 Å². The van der Waals surface area contributed by atoms with Gasteiger partial charge in [0.05, 0.1) is 18.5 Å². The summed E-state index contributed by atoms with van der Waals surface area (Å²) in [6.45, 7) is 4.18. The molecule has 2 fully saturated rings. The molecule has 1 aromatic carbocycles. The Bertz CT molecular complexity index is 902. The topological polar surface area (TPSA) is 60.9 Å². The molecule has 0 amide bonds. The zero-order valence-corrected chi connectivity index (χ0v) is 15.1. The molecule has 3 aliphatic rings. The van der Waals surface area contributed by atoms with Gasteiger partial charge in [0.25, 0.3) is 0 Å². The molecule has 26 heavy (non-hydrogen) atoms. The number of benzene rings is 1. The van der Waals surface area contributed by atoms with Crippen molar-refractivity contribution in [3.63, 3.8) is 0 Å². The molecule has 1 unspecified atom stereocenters. The van der Waals surface area contributed by atoms with Crippen LogP contribution in [-0.4, -0.2) is 37.9 Å². The van der Waals surface area contributed by atoms with Gasteiger partial charge in [0.2, 0.25) is 6.79 Å². The molecule has 1 aliphatic carbocycles. The summed E-state index contributed by atoms with van der Waals surface area (Å²) in [5.74, 6) is 1.60. The number of hydrogen-bond donors (Lipinski definition) is 0. The van der Waals surface area contributed by atoms with Crippen LogP contribution < -0.4 is 14.4 Å². The number of hydrogen-bond acceptors (Lipinski definition) is 6. The summed E-state index contributed by atoms with van der Waals surface area (Å²) in [6.07, 6.45) is 3.03. The van der Waals surface area contributed by atoms with Gasteiger partial charge in [0.15, 0.2) is 11.5 Å². The minimum atomic E-state index is -0.0450. The Morgan fingerprint density at radius 3 is 2.69 bits per heavy atom. The maximum Gasteiger partial charge on any atom is 0.309 e. The highest BCUT2D eigenvalue weighted by Gasteiger charge is 2.59. The number of carbonyl (C=O) groups is 1. The van der Waals surface area contributed by atoms with E-state index in [0.29, 0.717) is 0 Å². The van der Waals surface area contributed by atoms with E-state index < -0.39 is 0 Å². The second-order valence-corrected chi connectivity index (χ2v) is 7.63. The van der Waals surface area contributed by atoms with Crippen molar-refractivity contribution >= 4 is 22.6 Å². The summed E-state index contributed by atoms with van der Waals surface area (Å²) in [7, 11) is 1.49. The first-order valence-electron chi connectivity index (χ1n) is 9.13. The largest absolute Gasteiger partial charge is 0.469 e. The van der Waals surface area contributed by atoms with E-state index in [4.69, 9.17) is 14.2 Å². The van der Waals surface area contributed by atoms with Crippen molar-refractivity contribution in [2.45, 2.75) is 26.2 Å². The predicted molar refractivity (Wildman–Crippen MR) is 96.6 cm³/mol. The van der Waals surface area contributed by atoms with Crippen molar-refractivity contribution in [3.05, 3.63) is 23.9 Å². The van der Waals surface area contributed by atoms with E-state index in [0.717, 1.165) is 60.4 Å². The highest BCUT2D eigenvalue weighted by Crippen LogP contribution is 2.60. The van der Waals surface area contributed by atoms with Crippen LogP contribution >= 0.6 is 0 Å². The van der Waals surface area contributed by atoms with Gasteiger partial charge in [0, 0.05) is 35.9 Å². The Morgan fingerprint density at radius 2 is 1.96 bits per heavy atom. The minimum absolute atomic E-state index is 0.0450. The molecule has 2 aromatic rings. The van der Waals surface area contributed by atoms with Crippen LogP contribution in [0.2, 0.25) is 0 Å². The molecule has 0 bridgehead atoms. The summed E-state index contributed by atoms with van der Waals surface area (Å²) in [4.78, 5) is 18.9. The number of nitrogens with zero attached hydrogens (tertiary/aromatic N) is 2. The SMILES string of the molecule is COC(=O)C1CC12CCN(c1cc(C)nc3cc4c(cc13)OCO4)CC2. The van der Waals surface area contributed by atoms with Gasteiger partial charge >= 0.3 is 5.97 Å². The van der Waals surface area contributed by atoms with Crippen molar-refractivity contribution < 1.29 is 19.0 Å². The van der Waals surface area contributed by atoms with E-state index in [1.165, 1.54) is 12.8 Å². The normalized spacial score (nSPS) is 22.7. The number of ether oxygens (including phenoxy) is 3. The van der Waals surface area contributed by atoms with Crippen LogP contribution in [0.25, 0.3) is 10.9 Å². The summed E-state index contributed by atoms with van der Waals surface area (Å²) in [5.41, 5.74) is 3.28. The molecule has 136 valence electrons.